The van der Waals surface area contributed by atoms with E-state index in [2.05, 4.69) is 25.3 Å². The minimum atomic E-state index is -1.26. The number of aliphatic imine (C=N–C) groups is 1. The Bertz CT molecular complexity index is 1700. The van der Waals surface area contributed by atoms with E-state index in [1.54, 1.807) is 21.5 Å². The van der Waals surface area contributed by atoms with Crippen LogP contribution in [0.2, 0.25) is 0 Å². The quantitative estimate of drug-likeness (QED) is 0.368. The van der Waals surface area contributed by atoms with Crippen LogP contribution in [-0.2, 0) is 17.8 Å². The van der Waals surface area contributed by atoms with Gasteiger partial charge in [-0.3, -0.25) is 14.1 Å². The maximum Gasteiger partial charge on any atom is 0.200 e. The van der Waals surface area contributed by atoms with Gasteiger partial charge in [-0.1, -0.05) is 0 Å². The Balaban J connectivity index is 1.30. The van der Waals surface area contributed by atoms with E-state index in [1.165, 1.54) is 17.8 Å². The number of nitrogens with zero attached hydrogens (tertiary/aromatic N) is 7. The molecule has 5 heterocycles. The smallest absolute Gasteiger partial charge is 0.200 e. The normalized spacial score (nSPS) is 17.5. The van der Waals surface area contributed by atoms with E-state index in [0.717, 1.165) is 44.1 Å². The van der Waals surface area contributed by atoms with Gasteiger partial charge in [0.15, 0.2) is 11.5 Å². The van der Waals surface area contributed by atoms with Crippen molar-refractivity contribution in [2.45, 2.75) is 27.8 Å². The van der Waals surface area contributed by atoms with Crippen molar-refractivity contribution in [2.75, 3.05) is 0 Å². The molecule has 1 fully saturated rings. The molecule has 11 heteroatoms. The van der Waals surface area contributed by atoms with Crippen LogP contribution in [0.25, 0.3) is 27.7 Å². The van der Waals surface area contributed by atoms with Crippen LogP contribution in [0, 0.1) is 11.7 Å². The van der Waals surface area contributed by atoms with Crippen molar-refractivity contribution >= 4 is 49.8 Å². The van der Waals surface area contributed by atoms with Crippen molar-refractivity contribution in [3.63, 3.8) is 0 Å². The molecule has 0 radical (unpaired) electrons. The average molecular weight is 490 g/mol. The van der Waals surface area contributed by atoms with Crippen LogP contribution in [0.3, 0.4) is 0 Å². The van der Waals surface area contributed by atoms with E-state index in [4.69, 9.17) is 0 Å². The first-order chi connectivity index (χ1) is 16.5. The molecule has 8 nitrogen and oxygen atoms in total. The molecule has 7 rings (SSSR count). The maximum atomic E-state index is 14.8. The highest BCUT2D eigenvalue weighted by atomic mass is 32.2. The Morgan fingerprint density at radius 2 is 2.00 bits per heavy atom. The van der Waals surface area contributed by atoms with Crippen LogP contribution in [0.15, 0.2) is 69.0 Å². The van der Waals surface area contributed by atoms with Crippen molar-refractivity contribution in [2.24, 2.45) is 18.0 Å². The summed E-state index contributed by atoms with van der Waals surface area (Å²) in [5.74, 6) is -0.131. The van der Waals surface area contributed by atoms with E-state index < -0.39 is 16.6 Å². The molecule has 1 aliphatic heterocycles. The molecule has 0 saturated heterocycles. The summed E-state index contributed by atoms with van der Waals surface area (Å²) in [5.41, 5.74) is 3.09. The summed E-state index contributed by atoms with van der Waals surface area (Å²) in [6.45, 7) is 0. The third-order valence-corrected chi connectivity index (χ3v) is 8.53. The third kappa shape index (κ3) is 3.11. The van der Waals surface area contributed by atoms with E-state index >= 15 is 0 Å². The fourth-order valence-electron chi connectivity index (χ4n) is 4.15. The molecule has 4 aromatic heterocycles. The lowest BCUT2D eigenvalue weighted by Crippen LogP contribution is -2.05. The largest absolute Gasteiger partial charge is 0.275 e. The Morgan fingerprint density at radius 3 is 2.79 bits per heavy atom. The fourth-order valence-corrected chi connectivity index (χ4v) is 6.57. The molecule has 1 aromatic carbocycles. The maximum absolute atomic E-state index is 14.8. The van der Waals surface area contributed by atoms with Gasteiger partial charge in [0.1, 0.15) is 15.8 Å². The lowest BCUT2D eigenvalue weighted by molar-refractivity contribution is 0.629. The topological polar surface area (TPSA) is 90.3 Å². The van der Waals surface area contributed by atoms with E-state index in [9.17, 15) is 8.60 Å². The second-order valence-corrected chi connectivity index (χ2v) is 10.8. The van der Waals surface area contributed by atoms with Crippen molar-refractivity contribution in [1.29, 1.82) is 0 Å². The molecule has 1 saturated carbocycles. The van der Waals surface area contributed by atoms with E-state index in [1.807, 2.05) is 37.6 Å². The Kier molecular flexibility index (Phi) is 4.28. The van der Waals surface area contributed by atoms with Gasteiger partial charge in [0.2, 0.25) is 5.16 Å². The SMILES string of the molecule is Cn1cc(-c2cc(F)c3nnc(Sc4ccc5ncc6c(c5c4)S(=O)C(C4CC4)=N6)n3c2)cn1. The van der Waals surface area contributed by atoms with Gasteiger partial charge in [-0.2, -0.15) is 5.10 Å². The minimum Gasteiger partial charge on any atom is -0.275 e. The molecule has 1 aliphatic carbocycles. The Morgan fingerprint density at radius 1 is 1.12 bits per heavy atom. The zero-order valence-electron chi connectivity index (χ0n) is 17.8. The number of hydrogen-bond acceptors (Lipinski definition) is 7. The highest BCUT2D eigenvalue weighted by Crippen LogP contribution is 2.43. The Hall–Kier alpha value is -3.44. The molecule has 0 amide bonds. The standard InChI is InChI=1S/C23H16FN7OS2/c1-30-10-14(8-26-30)13-6-17(24)21-28-29-23(31(21)11-13)33-15-4-5-18-16(7-15)20-19(9-25-18)27-22(34(20)32)12-2-3-12/h4-12H,2-3H2,1H3. The molecule has 1 atom stereocenters. The highest BCUT2D eigenvalue weighted by Gasteiger charge is 2.37. The van der Waals surface area contributed by atoms with Crippen molar-refractivity contribution < 1.29 is 8.60 Å². The lowest BCUT2D eigenvalue weighted by atomic mass is 10.1. The minimum absolute atomic E-state index is 0.155. The second-order valence-electron chi connectivity index (χ2n) is 8.40. The molecule has 0 N–H and O–H groups in total. The monoisotopic (exact) mass is 489 g/mol. The first-order valence-corrected chi connectivity index (χ1v) is 12.7. The molecule has 168 valence electrons. The van der Waals surface area contributed by atoms with Crippen molar-refractivity contribution in [1.82, 2.24) is 29.4 Å². The molecule has 0 bridgehead atoms. The van der Waals surface area contributed by atoms with Gasteiger partial charge < -0.3 is 0 Å². The van der Waals surface area contributed by atoms with Crippen LogP contribution in [0.5, 0.6) is 0 Å². The third-order valence-electron chi connectivity index (χ3n) is 5.98. The summed E-state index contributed by atoms with van der Waals surface area (Å²) in [6.07, 6.45) is 9.11. The molecule has 2 aliphatic rings. The Labute approximate surface area is 199 Å². The highest BCUT2D eigenvalue weighted by molar-refractivity contribution is 8.01. The predicted octanol–water partition coefficient (Wildman–Crippen LogP) is 4.53. The number of halogens is 1. The van der Waals surface area contributed by atoms with Gasteiger partial charge in [0, 0.05) is 46.8 Å². The first-order valence-electron chi connectivity index (χ1n) is 10.7. The van der Waals surface area contributed by atoms with E-state index in [0.29, 0.717) is 22.3 Å². The van der Waals surface area contributed by atoms with Gasteiger partial charge in [-0.15, -0.1) is 10.2 Å². The number of rotatable bonds is 4. The molecule has 0 spiro atoms. The van der Waals surface area contributed by atoms with Crippen molar-refractivity contribution in [3.8, 4) is 11.1 Å². The van der Waals surface area contributed by atoms with Gasteiger partial charge in [-0.05, 0) is 48.9 Å². The van der Waals surface area contributed by atoms with Crippen LogP contribution in [0.4, 0.5) is 10.1 Å². The number of pyridine rings is 2. The summed E-state index contributed by atoms with van der Waals surface area (Å²) in [5, 5.41) is 14.5. The van der Waals surface area contributed by atoms with Gasteiger partial charge >= 0.3 is 0 Å². The summed E-state index contributed by atoms with van der Waals surface area (Å²) in [6, 6.07) is 7.22. The number of benzene rings is 1. The molecular formula is C23H16FN7OS2. The molecule has 5 aromatic rings. The summed E-state index contributed by atoms with van der Waals surface area (Å²) < 4.78 is 31.3. The number of aromatic nitrogens is 6. The molecule has 1 unspecified atom stereocenters. The van der Waals surface area contributed by atoms with Gasteiger partial charge in [0.25, 0.3) is 0 Å². The van der Waals surface area contributed by atoms with Crippen LogP contribution in [-0.4, -0.2) is 38.6 Å². The molecule has 34 heavy (non-hydrogen) atoms. The van der Waals surface area contributed by atoms with Crippen LogP contribution >= 0.6 is 11.8 Å². The first kappa shape index (κ1) is 20.0. The number of fused-ring (bicyclic) bond motifs is 4. The van der Waals surface area contributed by atoms with Gasteiger partial charge in [-0.25, -0.2) is 13.6 Å². The number of aryl methyl sites for hydroxylation is 1. The van der Waals surface area contributed by atoms with Crippen LogP contribution in [0.1, 0.15) is 12.8 Å². The zero-order valence-corrected chi connectivity index (χ0v) is 19.5. The second kappa shape index (κ2) is 7.28. The predicted molar refractivity (Wildman–Crippen MR) is 127 cm³/mol. The van der Waals surface area contributed by atoms with Crippen LogP contribution < -0.4 is 0 Å². The van der Waals surface area contributed by atoms with Crippen molar-refractivity contribution in [3.05, 3.63) is 54.9 Å². The average Bonchev–Trinajstić information content (AvgIpc) is 3.30. The molecular weight excluding hydrogens is 473 g/mol. The zero-order chi connectivity index (χ0) is 23.0. The van der Waals surface area contributed by atoms with E-state index in [-0.39, 0.29) is 5.65 Å². The number of hydrogen-bond donors (Lipinski definition) is 0. The lowest BCUT2D eigenvalue weighted by Gasteiger charge is -2.07. The van der Waals surface area contributed by atoms with Gasteiger partial charge in [0.05, 0.1) is 28.5 Å². The summed E-state index contributed by atoms with van der Waals surface area (Å²) in [4.78, 5) is 10.7. The summed E-state index contributed by atoms with van der Waals surface area (Å²) >= 11 is 1.36. The summed E-state index contributed by atoms with van der Waals surface area (Å²) in [7, 11) is 0.553. The fraction of sp³-hybridized carbons (Fsp3) is 0.174.